The van der Waals surface area contributed by atoms with Crippen molar-refractivity contribution in [1.29, 1.82) is 0 Å². The Balaban J connectivity index is 2.59. The van der Waals surface area contributed by atoms with Gasteiger partial charge in [-0.1, -0.05) is 6.92 Å². The molecule has 0 aliphatic rings. The summed E-state index contributed by atoms with van der Waals surface area (Å²) in [4.78, 5) is 0. The van der Waals surface area contributed by atoms with E-state index in [1.807, 2.05) is 24.7 Å². The minimum atomic E-state index is 0.0919. The molecule has 0 aliphatic heterocycles. The lowest BCUT2D eigenvalue weighted by molar-refractivity contribution is 0.487. The fourth-order valence-corrected chi connectivity index (χ4v) is 3.21. The standard InChI is InChI=1S/C15H22BrN3O/c1-6-17-14(13-9(3)10(4)20-11(13)5)15-12(16)8-18-19(15)7-2/h8,14,17H,6-7H2,1-5H3. The topological polar surface area (TPSA) is 43.0 Å². The molecule has 20 heavy (non-hydrogen) atoms. The third-order valence-corrected chi connectivity index (χ3v) is 4.33. The average Bonchev–Trinajstić information content (AvgIpc) is 2.89. The molecule has 2 rings (SSSR count). The van der Waals surface area contributed by atoms with Crippen LogP contribution in [0.1, 0.15) is 48.2 Å². The van der Waals surface area contributed by atoms with Crippen LogP contribution in [0.2, 0.25) is 0 Å². The number of hydrogen-bond acceptors (Lipinski definition) is 3. The van der Waals surface area contributed by atoms with E-state index in [0.717, 1.165) is 34.8 Å². The zero-order valence-corrected chi connectivity index (χ0v) is 14.3. The van der Waals surface area contributed by atoms with Gasteiger partial charge in [0.15, 0.2) is 0 Å². The number of nitrogens with one attached hydrogen (secondary N) is 1. The summed E-state index contributed by atoms with van der Waals surface area (Å²) in [5, 5.41) is 7.99. The van der Waals surface area contributed by atoms with Crippen molar-refractivity contribution in [3.63, 3.8) is 0 Å². The van der Waals surface area contributed by atoms with Gasteiger partial charge in [0.1, 0.15) is 11.5 Å². The van der Waals surface area contributed by atoms with Crippen LogP contribution in [0.3, 0.4) is 0 Å². The normalized spacial score (nSPS) is 12.9. The van der Waals surface area contributed by atoms with E-state index in [1.165, 1.54) is 11.1 Å². The summed E-state index contributed by atoms with van der Waals surface area (Å²) >= 11 is 3.63. The van der Waals surface area contributed by atoms with Crippen molar-refractivity contribution in [1.82, 2.24) is 15.1 Å². The summed E-state index contributed by atoms with van der Waals surface area (Å²) in [6, 6.07) is 0.0919. The number of hydrogen-bond donors (Lipinski definition) is 1. The maximum Gasteiger partial charge on any atom is 0.106 e. The van der Waals surface area contributed by atoms with Crippen molar-refractivity contribution in [3.05, 3.63) is 39.0 Å². The summed E-state index contributed by atoms with van der Waals surface area (Å²) < 4.78 is 8.86. The fraction of sp³-hybridized carbons (Fsp3) is 0.533. The van der Waals surface area contributed by atoms with Crippen LogP contribution in [0.25, 0.3) is 0 Å². The van der Waals surface area contributed by atoms with Gasteiger partial charge in [-0.25, -0.2) is 0 Å². The quantitative estimate of drug-likeness (QED) is 0.898. The number of rotatable bonds is 5. The van der Waals surface area contributed by atoms with Crippen LogP contribution >= 0.6 is 15.9 Å². The zero-order chi connectivity index (χ0) is 14.9. The number of nitrogens with zero attached hydrogens (tertiary/aromatic N) is 2. The van der Waals surface area contributed by atoms with E-state index >= 15 is 0 Å². The molecule has 110 valence electrons. The van der Waals surface area contributed by atoms with Crippen LogP contribution in [0.4, 0.5) is 0 Å². The highest BCUT2D eigenvalue weighted by Crippen LogP contribution is 2.34. The lowest BCUT2D eigenvalue weighted by Crippen LogP contribution is -2.26. The van der Waals surface area contributed by atoms with Crippen LogP contribution in [-0.4, -0.2) is 16.3 Å². The van der Waals surface area contributed by atoms with Gasteiger partial charge in [0.25, 0.3) is 0 Å². The third-order valence-electron chi connectivity index (χ3n) is 3.72. The number of halogens is 1. The van der Waals surface area contributed by atoms with E-state index in [1.54, 1.807) is 0 Å². The fourth-order valence-electron chi connectivity index (χ4n) is 2.69. The third kappa shape index (κ3) is 2.56. The number of furan rings is 1. The van der Waals surface area contributed by atoms with Crippen molar-refractivity contribution in [3.8, 4) is 0 Å². The molecule has 2 aromatic heterocycles. The highest BCUT2D eigenvalue weighted by atomic mass is 79.9. The first-order valence-electron chi connectivity index (χ1n) is 7.02. The molecule has 2 heterocycles. The summed E-state index contributed by atoms with van der Waals surface area (Å²) in [5.74, 6) is 1.96. The molecule has 0 aromatic carbocycles. The van der Waals surface area contributed by atoms with Gasteiger partial charge in [0.05, 0.1) is 22.4 Å². The predicted molar refractivity (Wildman–Crippen MR) is 84.0 cm³/mol. The van der Waals surface area contributed by atoms with Gasteiger partial charge < -0.3 is 9.73 Å². The Morgan fingerprint density at radius 3 is 2.50 bits per heavy atom. The molecule has 0 saturated carbocycles. The number of aromatic nitrogens is 2. The average molecular weight is 340 g/mol. The molecule has 0 saturated heterocycles. The molecule has 1 atom stereocenters. The van der Waals surface area contributed by atoms with E-state index in [0.29, 0.717) is 0 Å². The van der Waals surface area contributed by atoms with Crippen molar-refractivity contribution < 1.29 is 4.42 Å². The highest BCUT2D eigenvalue weighted by molar-refractivity contribution is 9.10. The molecule has 5 heteroatoms. The van der Waals surface area contributed by atoms with Crippen LogP contribution in [-0.2, 0) is 6.54 Å². The molecule has 0 aliphatic carbocycles. The Labute approximate surface area is 128 Å². The van der Waals surface area contributed by atoms with E-state index in [4.69, 9.17) is 4.42 Å². The van der Waals surface area contributed by atoms with Gasteiger partial charge in [-0.15, -0.1) is 0 Å². The van der Waals surface area contributed by atoms with Crippen LogP contribution in [0.15, 0.2) is 15.1 Å². The Hall–Kier alpha value is -1.07. The molecule has 0 spiro atoms. The van der Waals surface area contributed by atoms with E-state index in [9.17, 15) is 0 Å². The van der Waals surface area contributed by atoms with Gasteiger partial charge >= 0.3 is 0 Å². The second kappa shape index (κ2) is 6.14. The van der Waals surface area contributed by atoms with Gasteiger partial charge in [-0.05, 0) is 55.7 Å². The van der Waals surface area contributed by atoms with Crippen molar-refractivity contribution in [2.45, 2.75) is 47.2 Å². The monoisotopic (exact) mass is 339 g/mol. The molecule has 0 bridgehead atoms. The first-order valence-corrected chi connectivity index (χ1v) is 7.81. The molecule has 4 nitrogen and oxygen atoms in total. The minimum Gasteiger partial charge on any atom is -0.466 e. The maximum absolute atomic E-state index is 5.80. The Bertz CT molecular complexity index is 601. The van der Waals surface area contributed by atoms with E-state index < -0.39 is 0 Å². The number of aryl methyl sites for hydroxylation is 3. The van der Waals surface area contributed by atoms with Gasteiger partial charge in [-0.3, -0.25) is 4.68 Å². The van der Waals surface area contributed by atoms with E-state index in [2.05, 4.69) is 47.1 Å². The van der Waals surface area contributed by atoms with Crippen molar-refractivity contribution >= 4 is 15.9 Å². The molecule has 0 radical (unpaired) electrons. The van der Waals surface area contributed by atoms with Crippen LogP contribution in [0.5, 0.6) is 0 Å². The van der Waals surface area contributed by atoms with Crippen LogP contribution < -0.4 is 5.32 Å². The van der Waals surface area contributed by atoms with Crippen molar-refractivity contribution in [2.24, 2.45) is 0 Å². The predicted octanol–water partition coefficient (Wildman–Crippen LogP) is 3.88. The largest absolute Gasteiger partial charge is 0.466 e. The maximum atomic E-state index is 5.80. The Morgan fingerprint density at radius 1 is 1.30 bits per heavy atom. The first kappa shape index (κ1) is 15.3. The van der Waals surface area contributed by atoms with Crippen molar-refractivity contribution in [2.75, 3.05) is 6.54 Å². The van der Waals surface area contributed by atoms with Crippen LogP contribution in [0, 0.1) is 20.8 Å². The first-order chi connectivity index (χ1) is 9.51. The van der Waals surface area contributed by atoms with Gasteiger partial charge in [0.2, 0.25) is 0 Å². The lowest BCUT2D eigenvalue weighted by Gasteiger charge is -2.20. The lowest BCUT2D eigenvalue weighted by atomic mass is 9.99. The second-order valence-corrected chi connectivity index (χ2v) is 5.79. The molecular weight excluding hydrogens is 318 g/mol. The molecule has 0 amide bonds. The molecule has 1 N–H and O–H groups in total. The Morgan fingerprint density at radius 2 is 2.00 bits per heavy atom. The van der Waals surface area contributed by atoms with Gasteiger partial charge in [0, 0.05) is 12.1 Å². The van der Waals surface area contributed by atoms with E-state index in [-0.39, 0.29) is 6.04 Å². The highest BCUT2D eigenvalue weighted by Gasteiger charge is 2.26. The smallest absolute Gasteiger partial charge is 0.106 e. The van der Waals surface area contributed by atoms with Gasteiger partial charge in [-0.2, -0.15) is 5.10 Å². The Kier molecular flexibility index (Phi) is 4.70. The minimum absolute atomic E-state index is 0.0919. The summed E-state index contributed by atoms with van der Waals surface area (Å²) in [6.45, 7) is 12.1. The molecular formula is C15H22BrN3O. The summed E-state index contributed by atoms with van der Waals surface area (Å²) in [5.41, 5.74) is 3.59. The second-order valence-electron chi connectivity index (χ2n) is 4.94. The SMILES string of the molecule is CCNC(c1c(C)oc(C)c1C)c1c(Br)cnn1CC. The summed E-state index contributed by atoms with van der Waals surface area (Å²) in [7, 11) is 0. The molecule has 1 unspecified atom stereocenters. The molecule has 2 aromatic rings. The zero-order valence-electron chi connectivity index (χ0n) is 12.7. The molecule has 0 fully saturated rings. The summed E-state index contributed by atoms with van der Waals surface area (Å²) in [6.07, 6.45) is 1.86.